The van der Waals surface area contributed by atoms with Crippen LogP contribution in [0.4, 0.5) is 4.79 Å². The molecule has 0 aromatic rings. The maximum Gasteiger partial charge on any atom is 0.406 e. The zero-order chi connectivity index (χ0) is 10.3. The number of ether oxygens (including phenoxy) is 1. The van der Waals surface area contributed by atoms with Crippen LogP contribution in [0.2, 0.25) is 5.54 Å². The Bertz CT molecular complexity index is 151. The van der Waals surface area contributed by atoms with Crippen molar-refractivity contribution in [3.63, 3.8) is 0 Å². The Morgan fingerprint density at radius 3 is 2.31 bits per heavy atom. The molecule has 0 heterocycles. The number of hydrogen-bond acceptors (Lipinski definition) is 4. The van der Waals surface area contributed by atoms with Gasteiger partial charge < -0.3 is 18.9 Å². The summed E-state index contributed by atoms with van der Waals surface area (Å²) in [5, 5.41) is 2.59. The molecule has 78 valence electrons. The highest BCUT2D eigenvalue weighted by molar-refractivity contribution is 6.46. The van der Waals surface area contributed by atoms with Gasteiger partial charge in [-0.05, 0) is 0 Å². The van der Waals surface area contributed by atoms with Crippen molar-refractivity contribution in [2.45, 2.75) is 12.5 Å². The first-order chi connectivity index (χ1) is 6.15. The van der Waals surface area contributed by atoms with Gasteiger partial charge in [0.15, 0.2) is 0 Å². The van der Waals surface area contributed by atoms with Crippen molar-refractivity contribution in [3.05, 3.63) is 0 Å². The van der Waals surface area contributed by atoms with Crippen LogP contribution in [0.25, 0.3) is 0 Å². The van der Waals surface area contributed by atoms with E-state index in [1.165, 1.54) is 7.11 Å². The van der Waals surface area contributed by atoms with E-state index in [4.69, 9.17) is 8.85 Å². The number of amides is 1. The van der Waals surface area contributed by atoms with E-state index < -0.39 is 15.4 Å². The third kappa shape index (κ3) is 4.86. The molecule has 1 unspecified atom stereocenters. The Labute approximate surface area is 80.2 Å². The molecule has 0 aliphatic heterocycles. The van der Waals surface area contributed by atoms with Crippen molar-refractivity contribution in [3.8, 4) is 0 Å². The van der Waals surface area contributed by atoms with E-state index in [0.717, 1.165) is 0 Å². The predicted molar refractivity (Wildman–Crippen MR) is 51.0 cm³/mol. The van der Waals surface area contributed by atoms with E-state index in [2.05, 4.69) is 10.1 Å². The number of alkyl carbamates (subject to hydrolysis) is 1. The van der Waals surface area contributed by atoms with Crippen molar-refractivity contribution in [1.29, 1.82) is 0 Å². The lowest BCUT2D eigenvalue weighted by Crippen LogP contribution is -2.34. The minimum Gasteiger partial charge on any atom is -0.453 e. The third-order valence-corrected chi connectivity index (χ3v) is 3.78. The van der Waals surface area contributed by atoms with Gasteiger partial charge in [-0.25, -0.2) is 4.79 Å². The van der Waals surface area contributed by atoms with E-state index in [0.29, 0.717) is 6.54 Å². The fraction of sp³-hybridized carbons (Fsp3) is 0.857. The highest BCUT2D eigenvalue weighted by Crippen LogP contribution is 2.08. The minimum atomic E-state index is -1.63. The van der Waals surface area contributed by atoms with Crippen LogP contribution < -0.4 is 5.32 Å². The van der Waals surface area contributed by atoms with Crippen molar-refractivity contribution < 1.29 is 18.4 Å². The summed E-state index contributed by atoms with van der Waals surface area (Å²) in [6, 6.07) is 0. The second-order valence-electron chi connectivity index (χ2n) is 2.69. The van der Waals surface area contributed by atoms with E-state index in [9.17, 15) is 4.79 Å². The maximum absolute atomic E-state index is 10.7. The molecule has 0 aliphatic carbocycles. The minimum absolute atomic E-state index is 0.217. The lowest BCUT2D eigenvalue weighted by atomic mass is 10.5. The Morgan fingerprint density at radius 1 is 1.38 bits per heavy atom. The molecule has 0 radical (unpaired) electrons. The Morgan fingerprint density at radius 2 is 1.92 bits per heavy atom. The van der Waals surface area contributed by atoms with E-state index in [1.807, 2.05) is 6.92 Å². The molecule has 1 amide bonds. The van der Waals surface area contributed by atoms with Gasteiger partial charge in [-0.15, -0.1) is 0 Å². The van der Waals surface area contributed by atoms with E-state index in [-0.39, 0.29) is 5.54 Å². The summed E-state index contributed by atoms with van der Waals surface area (Å²) in [4.78, 5) is 10.7. The number of methoxy groups -OCH3 is 1. The zero-order valence-electron chi connectivity index (χ0n) is 8.49. The molecule has 0 fully saturated rings. The van der Waals surface area contributed by atoms with Gasteiger partial charge in [0.05, 0.1) is 7.11 Å². The predicted octanol–water partition coefficient (Wildman–Crippen LogP) is 0.246. The highest BCUT2D eigenvalue weighted by atomic mass is 28.3. The van der Waals surface area contributed by atoms with Crippen LogP contribution in [-0.4, -0.2) is 43.3 Å². The second kappa shape index (κ2) is 6.87. The number of nitrogens with one attached hydrogen (secondary N) is 1. The number of carbonyl (C=O) groups excluding carboxylic acids is 1. The average molecular weight is 207 g/mol. The molecule has 6 heteroatoms. The van der Waals surface area contributed by atoms with Gasteiger partial charge in [0.25, 0.3) is 0 Å². The van der Waals surface area contributed by atoms with Gasteiger partial charge in [-0.3, -0.25) is 0 Å². The molecule has 0 saturated heterocycles. The number of rotatable bonds is 5. The number of carbonyl (C=O) groups is 1. The fourth-order valence-electron chi connectivity index (χ4n) is 0.974. The van der Waals surface area contributed by atoms with Crippen molar-refractivity contribution in [2.24, 2.45) is 0 Å². The maximum atomic E-state index is 10.7. The van der Waals surface area contributed by atoms with Crippen LogP contribution >= 0.6 is 0 Å². The highest BCUT2D eigenvalue weighted by Gasteiger charge is 2.20. The summed E-state index contributed by atoms with van der Waals surface area (Å²) in [7, 11) is 2.95. The third-order valence-electron chi connectivity index (χ3n) is 1.68. The summed E-state index contributed by atoms with van der Waals surface area (Å²) >= 11 is 0. The molecule has 0 aromatic carbocycles. The Hall–Kier alpha value is -0.593. The Balaban J connectivity index is 3.71. The molecule has 1 atom stereocenters. The zero-order valence-corrected chi connectivity index (χ0v) is 9.65. The van der Waals surface area contributed by atoms with Crippen molar-refractivity contribution in [2.75, 3.05) is 27.9 Å². The largest absolute Gasteiger partial charge is 0.453 e. The normalized spacial score (nSPS) is 12.7. The topological polar surface area (TPSA) is 56.8 Å². The molecular weight excluding hydrogens is 190 g/mol. The summed E-state index contributed by atoms with van der Waals surface area (Å²) in [6.07, 6.45) is -0.424. The molecule has 13 heavy (non-hydrogen) atoms. The monoisotopic (exact) mass is 207 g/mol. The van der Waals surface area contributed by atoms with Crippen molar-refractivity contribution in [1.82, 2.24) is 5.32 Å². The molecule has 1 N–H and O–H groups in total. The smallest absolute Gasteiger partial charge is 0.406 e. The Kier molecular flexibility index (Phi) is 6.56. The summed E-state index contributed by atoms with van der Waals surface area (Å²) in [5.41, 5.74) is 0.217. The van der Waals surface area contributed by atoms with E-state index in [1.54, 1.807) is 14.2 Å². The van der Waals surface area contributed by atoms with Gasteiger partial charge in [0, 0.05) is 26.3 Å². The first-order valence-corrected chi connectivity index (χ1v) is 5.64. The van der Waals surface area contributed by atoms with Crippen LogP contribution in [-0.2, 0) is 13.6 Å². The number of hydrogen-bond donors (Lipinski definition) is 1. The second-order valence-corrected chi connectivity index (χ2v) is 5.51. The quantitative estimate of drug-likeness (QED) is 0.656. The average Bonchev–Trinajstić information content (AvgIpc) is 2.16. The summed E-state index contributed by atoms with van der Waals surface area (Å²) in [5.74, 6) is 0. The lowest BCUT2D eigenvalue weighted by molar-refractivity contribution is 0.170. The van der Waals surface area contributed by atoms with Crippen molar-refractivity contribution >= 4 is 15.4 Å². The molecule has 0 aliphatic rings. The van der Waals surface area contributed by atoms with Crippen LogP contribution in [0.1, 0.15) is 6.92 Å². The van der Waals surface area contributed by atoms with Gasteiger partial charge in [0.1, 0.15) is 0 Å². The summed E-state index contributed by atoms with van der Waals surface area (Å²) < 4.78 is 14.7. The first-order valence-electron chi connectivity index (χ1n) is 4.03. The van der Waals surface area contributed by atoms with Gasteiger partial charge in [-0.1, -0.05) is 6.92 Å². The first kappa shape index (κ1) is 12.4. The molecule has 0 rings (SSSR count). The van der Waals surface area contributed by atoms with Crippen LogP contribution in [0.15, 0.2) is 0 Å². The van der Waals surface area contributed by atoms with E-state index >= 15 is 0 Å². The molecule has 0 aromatic heterocycles. The van der Waals surface area contributed by atoms with Crippen LogP contribution in [0.5, 0.6) is 0 Å². The molecule has 0 saturated carbocycles. The molecular formula is C7H17NO4Si. The standard InChI is InChI=1S/C7H17NO4Si/c1-6(13(11-3)12-4)5-8-7(9)10-2/h6,13H,5H2,1-4H3,(H,8,9). The summed E-state index contributed by atoms with van der Waals surface area (Å²) in [6.45, 7) is 2.49. The van der Waals surface area contributed by atoms with Gasteiger partial charge in [-0.2, -0.15) is 0 Å². The SMILES string of the molecule is COC(=O)NCC(C)[SiH](OC)OC. The lowest BCUT2D eigenvalue weighted by Gasteiger charge is -2.18. The molecule has 0 spiro atoms. The van der Waals surface area contributed by atoms with Crippen LogP contribution in [0, 0.1) is 0 Å². The van der Waals surface area contributed by atoms with Gasteiger partial charge >= 0.3 is 15.4 Å². The molecule has 5 nitrogen and oxygen atoms in total. The molecule has 0 bridgehead atoms. The fourth-order valence-corrected chi connectivity index (χ4v) is 2.41. The van der Waals surface area contributed by atoms with Crippen LogP contribution in [0.3, 0.4) is 0 Å². The van der Waals surface area contributed by atoms with Gasteiger partial charge in [0.2, 0.25) is 0 Å².